The summed E-state index contributed by atoms with van der Waals surface area (Å²) in [6.07, 6.45) is 0. The Morgan fingerprint density at radius 3 is 2.39 bits per heavy atom. The van der Waals surface area contributed by atoms with E-state index < -0.39 is 29.2 Å². The zero-order valence-electron chi connectivity index (χ0n) is 12.2. The first-order valence-electron chi connectivity index (χ1n) is 6.67. The number of para-hydroxylation sites is 1. The van der Waals surface area contributed by atoms with E-state index in [9.17, 15) is 18.4 Å². The number of hydrogen-bond acceptors (Lipinski definition) is 4. The lowest BCUT2D eigenvalue weighted by Gasteiger charge is -2.10. The molecule has 0 aliphatic rings. The number of carbonyl (C=O) groups is 2. The first-order chi connectivity index (χ1) is 11.0. The number of ether oxygens (including phenoxy) is 1. The van der Waals surface area contributed by atoms with Crippen molar-refractivity contribution in [3.05, 3.63) is 59.7 Å². The maximum Gasteiger partial charge on any atom is 0.337 e. The molecule has 0 fully saturated rings. The van der Waals surface area contributed by atoms with Crippen LogP contribution in [-0.2, 0) is 9.53 Å². The average Bonchev–Trinajstić information content (AvgIpc) is 2.56. The molecule has 0 heterocycles. The van der Waals surface area contributed by atoms with Crippen molar-refractivity contribution in [2.45, 2.75) is 0 Å². The van der Waals surface area contributed by atoms with Gasteiger partial charge in [-0.3, -0.25) is 4.79 Å². The molecule has 0 spiro atoms. The smallest absolute Gasteiger partial charge is 0.337 e. The molecular formula is C16H14F2N2O3. The first kappa shape index (κ1) is 16.4. The van der Waals surface area contributed by atoms with Crippen LogP contribution >= 0.6 is 0 Å². The molecule has 2 rings (SSSR count). The van der Waals surface area contributed by atoms with Gasteiger partial charge in [0.15, 0.2) is 0 Å². The van der Waals surface area contributed by atoms with Gasteiger partial charge in [-0.1, -0.05) is 12.1 Å². The molecule has 2 aromatic rings. The van der Waals surface area contributed by atoms with E-state index in [2.05, 4.69) is 15.4 Å². The number of methoxy groups -OCH3 is 1. The SMILES string of the molecule is COC(=O)c1cccc(NCC(=O)Nc2c(F)cccc2F)c1. The Hall–Kier alpha value is -2.96. The van der Waals surface area contributed by atoms with E-state index >= 15 is 0 Å². The second-order valence-corrected chi connectivity index (χ2v) is 4.57. The van der Waals surface area contributed by atoms with Crippen molar-refractivity contribution in [2.75, 3.05) is 24.3 Å². The molecule has 120 valence electrons. The highest BCUT2D eigenvalue weighted by molar-refractivity contribution is 5.94. The number of nitrogens with one attached hydrogen (secondary N) is 2. The van der Waals surface area contributed by atoms with Crippen molar-refractivity contribution in [3.63, 3.8) is 0 Å². The van der Waals surface area contributed by atoms with Crippen LogP contribution in [0.5, 0.6) is 0 Å². The van der Waals surface area contributed by atoms with Gasteiger partial charge in [0.1, 0.15) is 17.3 Å². The minimum absolute atomic E-state index is 0.224. The fraction of sp³-hybridized carbons (Fsp3) is 0.125. The van der Waals surface area contributed by atoms with Gasteiger partial charge < -0.3 is 15.4 Å². The molecule has 0 unspecified atom stereocenters. The Balaban J connectivity index is 1.98. The fourth-order valence-corrected chi connectivity index (χ4v) is 1.86. The van der Waals surface area contributed by atoms with Crippen molar-refractivity contribution in [3.8, 4) is 0 Å². The van der Waals surface area contributed by atoms with Gasteiger partial charge in [-0.25, -0.2) is 13.6 Å². The highest BCUT2D eigenvalue weighted by Crippen LogP contribution is 2.18. The van der Waals surface area contributed by atoms with Gasteiger partial charge in [0, 0.05) is 5.69 Å². The summed E-state index contributed by atoms with van der Waals surface area (Å²) in [5.41, 5.74) is 0.317. The van der Waals surface area contributed by atoms with Gasteiger partial charge in [-0.15, -0.1) is 0 Å². The molecule has 0 aromatic heterocycles. The third-order valence-electron chi connectivity index (χ3n) is 2.96. The number of rotatable bonds is 5. The number of halogens is 2. The lowest BCUT2D eigenvalue weighted by molar-refractivity contribution is -0.114. The molecular weight excluding hydrogens is 306 g/mol. The van der Waals surface area contributed by atoms with Gasteiger partial charge in [0.05, 0.1) is 19.2 Å². The Kier molecular flexibility index (Phi) is 5.24. The Morgan fingerprint density at radius 1 is 1.09 bits per heavy atom. The molecule has 2 N–H and O–H groups in total. The summed E-state index contributed by atoms with van der Waals surface area (Å²) >= 11 is 0. The number of amides is 1. The van der Waals surface area contributed by atoms with Gasteiger partial charge in [0.25, 0.3) is 0 Å². The largest absolute Gasteiger partial charge is 0.465 e. The number of carbonyl (C=O) groups excluding carboxylic acids is 2. The minimum atomic E-state index is -0.856. The molecule has 0 bridgehead atoms. The predicted octanol–water partition coefficient (Wildman–Crippen LogP) is 2.80. The summed E-state index contributed by atoms with van der Waals surface area (Å²) in [6, 6.07) is 9.62. The van der Waals surface area contributed by atoms with Crippen molar-refractivity contribution in [2.24, 2.45) is 0 Å². The van der Waals surface area contributed by atoms with E-state index in [0.29, 0.717) is 11.3 Å². The normalized spacial score (nSPS) is 10.0. The summed E-state index contributed by atoms with van der Waals surface area (Å²) in [5.74, 6) is -2.85. The quantitative estimate of drug-likeness (QED) is 0.831. The Bertz CT molecular complexity index is 715. The number of anilines is 2. The van der Waals surface area contributed by atoms with Gasteiger partial charge in [0.2, 0.25) is 5.91 Å². The molecule has 0 saturated heterocycles. The van der Waals surface area contributed by atoms with Crippen LogP contribution in [0.1, 0.15) is 10.4 Å². The second kappa shape index (κ2) is 7.35. The highest BCUT2D eigenvalue weighted by Gasteiger charge is 2.12. The zero-order valence-corrected chi connectivity index (χ0v) is 12.2. The Morgan fingerprint density at radius 2 is 1.74 bits per heavy atom. The van der Waals surface area contributed by atoms with Crippen LogP contribution in [0.4, 0.5) is 20.2 Å². The summed E-state index contributed by atoms with van der Waals surface area (Å²) in [7, 11) is 1.26. The third-order valence-corrected chi connectivity index (χ3v) is 2.96. The van der Waals surface area contributed by atoms with E-state index in [1.807, 2.05) is 0 Å². The molecule has 0 saturated carbocycles. The molecule has 0 atom stereocenters. The summed E-state index contributed by atoms with van der Waals surface area (Å²) in [5, 5.41) is 4.91. The van der Waals surface area contributed by atoms with Crippen LogP contribution < -0.4 is 10.6 Å². The third kappa shape index (κ3) is 4.26. The average molecular weight is 320 g/mol. The molecule has 0 aliphatic heterocycles. The maximum atomic E-state index is 13.4. The monoisotopic (exact) mass is 320 g/mol. The van der Waals surface area contributed by atoms with Crippen LogP contribution in [0.3, 0.4) is 0 Å². The molecule has 5 nitrogen and oxygen atoms in total. The van der Waals surface area contributed by atoms with E-state index in [1.165, 1.54) is 19.2 Å². The van der Waals surface area contributed by atoms with E-state index in [1.54, 1.807) is 18.2 Å². The Labute approximate surface area is 131 Å². The summed E-state index contributed by atoms with van der Waals surface area (Å²) in [6.45, 7) is -0.224. The van der Waals surface area contributed by atoms with Crippen molar-refractivity contribution in [1.82, 2.24) is 0 Å². The number of benzene rings is 2. The van der Waals surface area contributed by atoms with Gasteiger partial charge in [-0.2, -0.15) is 0 Å². The van der Waals surface area contributed by atoms with Gasteiger partial charge in [-0.05, 0) is 30.3 Å². The van der Waals surface area contributed by atoms with Crippen LogP contribution in [-0.4, -0.2) is 25.5 Å². The van der Waals surface area contributed by atoms with Crippen LogP contribution in [0, 0.1) is 11.6 Å². The fourth-order valence-electron chi connectivity index (χ4n) is 1.86. The summed E-state index contributed by atoms with van der Waals surface area (Å²) < 4.78 is 31.4. The zero-order chi connectivity index (χ0) is 16.8. The van der Waals surface area contributed by atoms with E-state index in [0.717, 1.165) is 12.1 Å². The van der Waals surface area contributed by atoms with Crippen molar-refractivity contribution in [1.29, 1.82) is 0 Å². The lowest BCUT2D eigenvalue weighted by atomic mass is 10.2. The van der Waals surface area contributed by atoms with E-state index in [4.69, 9.17) is 0 Å². The summed E-state index contributed by atoms with van der Waals surface area (Å²) in [4.78, 5) is 23.2. The molecule has 0 aliphatic carbocycles. The topological polar surface area (TPSA) is 67.4 Å². The number of esters is 1. The second-order valence-electron chi connectivity index (χ2n) is 4.57. The maximum absolute atomic E-state index is 13.4. The van der Waals surface area contributed by atoms with Crippen LogP contribution in [0.25, 0.3) is 0 Å². The molecule has 2 aromatic carbocycles. The van der Waals surface area contributed by atoms with Crippen molar-refractivity contribution < 1.29 is 23.1 Å². The van der Waals surface area contributed by atoms with E-state index in [-0.39, 0.29) is 6.54 Å². The lowest BCUT2D eigenvalue weighted by Crippen LogP contribution is -2.23. The molecule has 23 heavy (non-hydrogen) atoms. The van der Waals surface area contributed by atoms with Crippen molar-refractivity contribution >= 4 is 23.3 Å². The highest BCUT2D eigenvalue weighted by atomic mass is 19.1. The number of hydrogen-bond donors (Lipinski definition) is 2. The standard InChI is InChI=1S/C16H14F2N2O3/c1-23-16(22)10-4-2-5-11(8-10)19-9-14(21)20-15-12(17)6-3-7-13(15)18/h2-8,19H,9H2,1H3,(H,20,21). The molecule has 0 radical (unpaired) electrons. The van der Waals surface area contributed by atoms with Gasteiger partial charge >= 0.3 is 5.97 Å². The molecule has 7 heteroatoms. The predicted molar refractivity (Wildman–Crippen MR) is 81.3 cm³/mol. The molecule has 1 amide bonds. The van der Waals surface area contributed by atoms with Crippen LogP contribution in [0.15, 0.2) is 42.5 Å². The minimum Gasteiger partial charge on any atom is -0.465 e. The first-order valence-corrected chi connectivity index (χ1v) is 6.67. The van der Waals surface area contributed by atoms with Crippen LogP contribution in [0.2, 0.25) is 0 Å².